The van der Waals surface area contributed by atoms with Gasteiger partial charge >= 0.3 is 5.97 Å². The lowest BCUT2D eigenvalue weighted by atomic mass is 9.66. The highest BCUT2D eigenvalue weighted by Crippen LogP contribution is 2.50. The number of hydrogen-bond donors (Lipinski definition) is 2. The van der Waals surface area contributed by atoms with Crippen LogP contribution in [0.2, 0.25) is 0 Å². The second kappa shape index (κ2) is 8.07. The first kappa shape index (κ1) is 21.8. The molecule has 176 valence electrons. The van der Waals surface area contributed by atoms with Crippen molar-refractivity contribution in [3.8, 4) is 0 Å². The quantitative estimate of drug-likeness (QED) is 0.630. The number of hydrazine groups is 2. The number of amides is 1. The molecule has 11 heteroatoms. The Kier molecular flexibility index (Phi) is 5.32. The molecule has 1 spiro atoms. The Hall–Kier alpha value is -3.05. The summed E-state index contributed by atoms with van der Waals surface area (Å²) in [5.74, 6) is 0.508. The fourth-order valence-electron chi connectivity index (χ4n) is 5.25. The van der Waals surface area contributed by atoms with Crippen molar-refractivity contribution < 1.29 is 14.3 Å². The fraction of sp³-hybridized carbons (Fsp3) is 0.591. The number of nitrogens with zero attached hydrogens (tertiary/aromatic N) is 6. The van der Waals surface area contributed by atoms with Crippen molar-refractivity contribution in [2.45, 2.75) is 58.0 Å². The van der Waals surface area contributed by atoms with Gasteiger partial charge in [0.2, 0.25) is 5.91 Å². The summed E-state index contributed by atoms with van der Waals surface area (Å²) in [7, 11) is 2.12. The molecule has 1 amide bonds. The highest BCUT2D eigenvalue weighted by molar-refractivity contribution is 5.94. The molecule has 1 aromatic heterocycles. The predicted molar refractivity (Wildman–Crippen MR) is 120 cm³/mol. The maximum Gasteiger partial charge on any atom is 0.336 e. The Morgan fingerprint density at radius 3 is 2.55 bits per heavy atom. The number of hydrazone groups is 1. The third-order valence-corrected chi connectivity index (χ3v) is 7.88. The van der Waals surface area contributed by atoms with Gasteiger partial charge in [-0.2, -0.15) is 10.2 Å². The molecular weight excluding hydrogens is 424 g/mol. The number of cyclic esters (lactones) is 1. The monoisotopic (exact) mass is 454 g/mol. The minimum atomic E-state index is -0.320. The fourth-order valence-corrected chi connectivity index (χ4v) is 5.25. The number of anilines is 1. The van der Waals surface area contributed by atoms with Gasteiger partial charge in [-0.05, 0) is 65.1 Å². The summed E-state index contributed by atoms with van der Waals surface area (Å²) in [5.41, 5.74) is 7.33. The Bertz CT molecular complexity index is 1010. The molecule has 3 aliphatic heterocycles. The Morgan fingerprint density at radius 1 is 1.15 bits per heavy atom. The SMILES string of the molecule is CC1=C(N2CCC3(CCC(C)(N(C)Cc4ccc(N5C=NNN5)nn4)CC3)C2=O)COC1=O. The van der Waals surface area contributed by atoms with E-state index >= 15 is 0 Å². The highest BCUT2D eigenvalue weighted by Gasteiger charge is 2.52. The van der Waals surface area contributed by atoms with Crippen molar-refractivity contribution in [3.05, 3.63) is 29.1 Å². The lowest BCUT2D eigenvalue weighted by Crippen LogP contribution is -2.50. The molecule has 1 aliphatic carbocycles. The molecule has 5 rings (SSSR count). The number of esters is 1. The van der Waals surface area contributed by atoms with Gasteiger partial charge in [0, 0.05) is 18.6 Å². The molecule has 1 saturated carbocycles. The standard InChI is InChI=1S/C22H30N8O3/c1-15-17(13-33-19(15)31)29-11-10-22(20(29)32)8-6-21(2,7-9-22)28(3)12-16-4-5-18(25-24-16)30-14-23-26-27-30/h4-5,14,26-27H,6-13H2,1-3H3. The number of likely N-dealkylation sites (tertiary alicyclic amines) is 1. The first-order valence-electron chi connectivity index (χ1n) is 11.4. The van der Waals surface area contributed by atoms with Crippen LogP contribution in [0, 0.1) is 5.41 Å². The van der Waals surface area contributed by atoms with Crippen LogP contribution in [0.15, 0.2) is 28.5 Å². The lowest BCUT2D eigenvalue weighted by Gasteiger charge is -2.47. The van der Waals surface area contributed by atoms with Gasteiger partial charge < -0.3 is 9.64 Å². The first-order chi connectivity index (χ1) is 15.8. The van der Waals surface area contributed by atoms with Gasteiger partial charge in [-0.3, -0.25) is 9.69 Å². The maximum absolute atomic E-state index is 13.4. The predicted octanol–water partition coefficient (Wildman–Crippen LogP) is 1.06. The van der Waals surface area contributed by atoms with Crippen LogP contribution in [0.1, 0.15) is 51.6 Å². The Morgan fingerprint density at radius 2 is 1.94 bits per heavy atom. The number of nitrogens with one attached hydrogen (secondary N) is 2. The second-order valence-electron chi connectivity index (χ2n) is 9.71. The van der Waals surface area contributed by atoms with Crippen LogP contribution in [-0.2, 0) is 20.9 Å². The van der Waals surface area contributed by atoms with E-state index in [1.807, 2.05) is 12.1 Å². The topological polar surface area (TPSA) is 115 Å². The zero-order valence-electron chi connectivity index (χ0n) is 19.3. The molecule has 2 fully saturated rings. The van der Waals surface area contributed by atoms with Crippen LogP contribution in [0.25, 0.3) is 0 Å². The summed E-state index contributed by atoms with van der Waals surface area (Å²) in [6.45, 7) is 5.58. The van der Waals surface area contributed by atoms with E-state index in [9.17, 15) is 9.59 Å². The minimum absolute atomic E-state index is 0.0198. The molecular formula is C22H30N8O3. The van der Waals surface area contributed by atoms with E-state index in [1.165, 1.54) is 0 Å². The van der Waals surface area contributed by atoms with E-state index < -0.39 is 0 Å². The normalized spacial score (nSPS) is 29.6. The average molecular weight is 455 g/mol. The van der Waals surface area contributed by atoms with Gasteiger partial charge in [0.25, 0.3) is 0 Å². The maximum atomic E-state index is 13.4. The van der Waals surface area contributed by atoms with Gasteiger partial charge in [0.15, 0.2) is 5.82 Å². The van der Waals surface area contributed by atoms with Gasteiger partial charge in [-0.15, -0.1) is 10.6 Å². The first-order valence-corrected chi connectivity index (χ1v) is 11.4. The largest absolute Gasteiger partial charge is 0.456 e. The summed E-state index contributed by atoms with van der Waals surface area (Å²) in [5, 5.41) is 14.2. The Labute approximate surface area is 192 Å². The third-order valence-electron chi connectivity index (χ3n) is 7.88. The summed E-state index contributed by atoms with van der Waals surface area (Å²) in [6, 6.07) is 3.88. The van der Waals surface area contributed by atoms with E-state index in [0.717, 1.165) is 43.5 Å². The number of ether oxygens (including phenoxy) is 1. The van der Waals surface area contributed by atoms with E-state index in [4.69, 9.17) is 4.74 Å². The molecule has 0 atom stereocenters. The van der Waals surface area contributed by atoms with Crippen LogP contribution in [0.4, 0.5) is 5.82 Å². The molecule has 33 heavy (non-hydrogen) atoms. The molecule has 4 heterocycles. The number of carbonyl (C=O) groups excluding carboxylic acids is 2. The van der Waals surface area contributed by atoms with Crippen molar-refractivity contribution in [1.82, 2.24) is 31.1 Å². The van der Waals surface area contributed by atoms with Gasteiger partial charge in [0.1, 0.15) is 12.9 Å². The summed E-state index contributed by atoms with van der Waals surface area (Å²) in [6.07, 6.45) is 6.00. The van der Waals surface area contributed by atoms with E-state index in [-0.39, 0.29) is 29.4 Å². The van der Waals surface area contributed by atoms with Crippen LogP contribution in [-0.4, -0.2) is 64.0 Å². The van der Waals surface area contributed by atoms with Gasteiger partial charge in [-0.1, -0.05) is 0 Å². The molecule has 1 saturated heterocycles. The number of carbonyl (C=O) groups is 2. The number of rotatable bonds is 5. The average Bonchev–Trinajstić information content (AvgIpc) is 3.54. The van der Waals surface area contributed by atoms with Crippen molar-refractivity contribution >= 4 is 24.0 Å². The molecule has 0 unspecified atom stereocenters. The molecule has 1 aromatic rings. The van der Waals surface area contributed by atoms with Crippen molar-refractivity contribution in [3.63, 3.8) is 0 Å². The zero-order chi connectivity index (χ0) is 23.2. The third kappa shape index (κ3) is 3.74. The molecule has 0 bridgehead atoms. The molecule has 0 radical (unpaired) electrons. The lowest BCUT2D eigenvalue weighted by molar-refractivity contribution is -0.139. The summed E-state index contributed by atoms with van der Waals surface area (Å²) >= 11 is 0. The smallest absolute Gasteiger partial charge is 0.336 e. The summed E-state index contributed by atoms with van der Waals surface area (Å²) < 4.78 is 5.13. The van der Waals surface area contributed by atoms with E-state index in [1.54, 1.807) is 23.2 Å². The molecule has 0 aromatic carbocycles. The van der Waals surface area contributed by atoms with Gasteiger partial charge in [0.05, 0.1) is 22.4 Å². The number of hydrogen-bond acceptors (Lipinski definition) is 10. The van der Waals surface area contributed by atoms with Gasteiger partial charge in [-0.25, -0.2) is 15.3 Å². The van der Waals surface area contributed by atoms with E-state index in [0.29, 0.717) is 24.5 Å². The van der Waals surface area contributed by atoms with Crippen molar-refractivity contribution in [2.75, 3.05) is 25.2 Å². The molecule has 2 N–H and O–H groups in total. The summed E-state index contributed by atoms with van der Waals surface area (Å²) in [4.78, 5) is 29.3. The highest BCUT2D eigenvalue weighted by atomic mass is 16.5. The molecule has 11 nitrogen and oxygen atoms in total. The van der Waals surface area contributed by atoms with Crippen molar-refractivity contribution in [1.29, 1.82) is 0 Å². The minimum Gasteiger partial charge on any atom is -0.456 e. The van der Waals surface area contributed by atoms with Crippen LogP contribution >= 0.6 is 0 Å². The van der Waals surface area contributed by atoms with Crippen LogP contribution < -0.4 is 16.1 Å². The van der Waals surface area contributed by atoms with Crippen LogP contribution in [0.5, 0.6) is 0 Å². The second-order valence-corrected chi connectivity index (χ2v) is 9.71. The zero-order valence-corrected chi connectivity index (χ0v) is 19.3. The molecule has 4 aliphatic rings. The van der Waals surface area contributed by atoms with Crippen molar-refractivity contribution in [2.24, 2.45) is 10.5 Å². The van der Waals surface area contributed by atoms with E-state index in [2.05, 4.69) is 45.2 Å². The number of aromatic nitrogens is 2. The Balaban J connectivity index is 1.21. The van der Waals surface area contributed by atoms with Crippen LogP contribution in [0.3, 0.4) is 0 Å².